The number of halogens is 2. The zero-order valence-electron chi connectivity index (χ0n) is 14.2. The van der Waals surface area contributed by atoms with Crippen LogP contribution >= 0.6 is 22.6 Å². The van der Waals surface area contributed by atoms with Crippen molar-refractivity contribution in [3.8, 4) is 11.5 Å². The quantitative estimate of drug-likeness (QED) is 0.274. The van der Waals surface area contributed by atoms with Crippen molar-refractivity contribution in [2.24, 2.45) is 5.10 Å². The lowest BCUT2D eigenvalue weighted by Gasteiger charge is -2.13. The number of hydrogen-bond donors (Lipinski definition) is 1. The summed E-state index contributed by atoms with van der Waals surface area (Å²) in [5.41, 5.74) is 3.47. The predicted octanol–water partition coefficient (Wildman–Crippen LogP) is 4.16. The first-order valence-corrected chi connectivity index (χ1v) is 8.92. The van der Waals surface area contributed by atoms with Crippen molar-refractivity contribution in [2.45, 2.75) is 6.92 Å². The summed E-state index contributed by atoms with van der Waals surface area (Å²) in [6.07, 6.45) is 3.16. The number of rotatable bonds is 8. The lowest BCUT2D eigenvalue weighted by Crippen LogP contribution is -2.17. The number of carbonyl (C=O) groups excluding carboxylic acids is 1. The zero-order chi connectivity index (χ0) is 18.9. The minimum atomic E-state index is -0.424. The summed E-state index contributed by atoms with van der Waals surface area (Å²) in [6.45, 7) is 6.38. The second-order valence-corrected chi connectivity index (χ2v) is 6.23. The first-order chi connectivity index (χ1) is 12.5. The predicted molar refractivity (Wildman–Crippen MR) is 107 cm³/mol. The van der Waals surface area contributed by atoms with E-state index in [-0.39, 0.29) is 0 Å². The van der Waals surface area contributed by atoms with Crippen molar-refractivity contribution in [3.05, 3.63) is 69.6 Å². The molecular formula is C19H18FIN2O3. The van der Waals surface area contributed by atoms with Gasteiger partial charge in [0.2, 0.25) is 0 Å². The van der Waals surface area contributed by atoms with Crippen molar-refractivity contribution < 1.29 is 18.7 Å². The lowest BCUT2D eigenvalue weighted by atomic mass is 10.2. The molecule has 0 radical (unpaired) electrons. The van der Waals surface area contributed by atoms with Crippen molar-refractivity contribution in [3.63, 3.8) is 0 Å². The number of nitrogens with one attached hydrogen (secondary N) is 1. The summed E-state index contributed by atoms with van der Waals surface area (Å²) < 4.78 is 25.0. The molecule has 2 aromatic carbocycles. The SMILES string of the molecule is C=CCOc1c(I)cc(/C=N\NC(=O)c2ccc(F)cc2)cc1OCC. The Hall–Kier alpha value is -2.42. The monoisotopic (exact) mass is 468 g/mol. The standard InChI is InChI=1S/C19H18FIN2O3/c1-3-9-26-18-16(21)10-13(11-17(18)25-4-2)12-22-23-19(24)14-5-7-15(20)8-6-14/h3,5-8,10-12H,1,4,9H2,2H3,(H,23,24)/b22-12-. The molecule has 0 spiro atoms. The van der Waals surface area contributed by atoms with Gasteiger partial charge in [-0.15, -0.1) is 0 Å². The molecule has 0 aliphatic carbocycles. The van der Waals surface area contributed by atoms with Crippen molar-refractivity contribution in [1.82, 2.24) is 5.43 Å². The van der Waals surface area contributed by atoms with Crippen LogP contribution in [0.1, 0.15) is 22.8 Å². The molecule has 0 bridgehead atoms. The number of hydrazone groups is 1. The number of amides is 1. The van der Waals surface area contributed by atoms with Crippen LogP contribution in [0.15, 0.2) is 54.2 Å². The molecule has 1 N–H and O–H groups in total. The molecule has 2 rings (SSSR count). The number of carbonyl (C=O) groups is 1. The van der Waals surface area contributed by atoms with E-state index in [9.17, 15) is 9.18 Å². The van der Waals surface area contributed by atoms with E-state index in [1.165, 1.54) is 30.5 Å². The fourth-order valence-electron chi connectivity index (χ4n) is 2.04. The van der Waals surface area contributed by atoms with Crippen molar-refractivity contribution >= 4 is 34.7 Å². The van der Waals surface area contributed by atoms with E-state index in [0.717, 1.165) is 9.13 Å². The maximum atomic E-state index is 12.9. The van der Waals surface area contributed by atoms with Gasteiger partial charge in [-0.2, -0.15) is 5.10 Å². The van der Waals surface area contributed by atoms with Gasteiger partial charge in [-0.3, -0.25) is 4.79 Å². The van der Waals surface area contributed by atoms with Crippen LogP contribution in [-0.4, -0.2) is 25.3 Å². The van der Waals surface area contributed by atoms with Crippen LogP contribution in [0.4, 0.5) is 4.39 Å². The molecule has 2 aromatic rings. The van der Waals surface area contributed by atoms with Gasteiger partial charge in [0.1, 0.15) is 12.4 Å². The van der Waals surface area contributed by atoms with Crippen molar-refractivity contribution in [1.29, 1.82) is 0 Å². The van der Waals surface area contributed by atoms with Crippen LogP contribution < -0.4 is 14.9 Å². The molecule has 0 unspecified atom stereocenters. The highest BCUT2D eigenvalue weighted by Crippen LogP contribution is 2.33. The van der Waals surface area contributed by atoms with Gasteiger partial charge in [-0.25, -0.2) is 9.82 Å². The molecule has 1 amide bonds. The highest BCUT2D eigenvalue weighted by Gasteiger charge is 2.11. The van der Waals surface area contributed by atoms with Gasteiger partial charge in [0.05, 0.1) is 16.4 Å². The highest BCUT2D eigenvalue weighted by molar-refractivity contribution is 14.1. The van der Waals surface area contributed by atoms with Gasteiger partial charge in [0.25, 0.3) is 5.91 Å². The van der Waals surface area contributed by atoms with E-state index in [0.29, 0.717) is 30.3 Å². The molecule has 0 fully saturated rings. The minimum absolute atomic E-state index is 0.321. The van der Waals surface area contributed by atoms with Gasteiger partial charge in [0, 0.05) is 5.56 Å². The largest absolute Gasteiger partial charge is 0.490 e. The van der Waals surface area contributed by atoms with Crippen LogP contribution in [0, 0.1) is 9.39 Å². The Morgan fingerprint density at radius 3 is 2.69 bits per heavy atom. The van der Waals surface area contributed by atoms with E-state index >= 15 is 0 Å². The van der Waals surface area contributed by atoms with Crippen LogP contribution in [0.25, 0.3) is 0 Å². The molecule has 0 aliphatic rings. The van der Waals surface area contributed by atoms with E-state index < -0.39 is 11.7 Å². The van der Waals surface area contributed by atoms with Crippen molar-refractivity contribution in [2.75, 3.05) is 13.2 Å². The second-order valence-electron chi connectivity index (χ2n) is 5.07. The molecule has 0 saturated heterocycles. The molecule has 0 aromatic heterocycles. The van der Waals surface area contributed by atoms with Crippen LogP contribution in [0.3, 0.4) is 0 Å². The molecule has 0 heterocycles. The summed E-state index contributed by atoms with van der Waals surface area (Å²) in [4.78, 5) is 12.0. The molecule has 7 heteroatoms. The van der Waals surface area contributed by atoms with Gasteiger partial charge in [0.15, 0.2) is 11.5 Å². The normalized spacial score (nSPS) is 10.6. The number of hydrogen-bond acceptors (Lipinski definition) is 4. The Balaban J connectivity index is 2.12. The number of nitrogens with zero attached hydrogens (tertiary/aromatic N) is 1. The Morgan fingerprint density at radius 1 is 1.31 bits per heavy atom. The summed E-state index contributed by atoms with van der Waals surface area (Å²) in [7, 11) is 0. The van der Waals surface area contributed by atoms with Crippen LogP contribution in [-0.2, 0) is 0 Å². The summed E-state index contributed by atoms with van der Waals surface area (Å²) in [5.74, 6) is 0.404. The van der Waals surface area contributed by atoms with Gasteiger partial charge >= 0.3 is 0 Å². The highest BCUT2D eigenvalue weighted by atomic mass is 127. The first kappa shape index (κ1) is 19.9. The third kappa shape index (κ3) is 5.55. The summed E-state index contributed by atoms with van der Waals surface area (Å²) >= 11 is 2.14. The third-order valence-corrected chi connectivity index (χ3v) is 3.96. The molecule has 5 nitrogen and oxygen atoms in total. The molecular weight excluding hydrogens is 450 g/mol. The minimum Gasteiger partial charge on any atom is -0.490 e. The van der Waals surface area contributed by atoms with E-state index in [1.807, 2.05) is 13.0 Å². The lowest BCUT2D eigenvalue weighted by molar-refractivity contribution is 0.0955. The number of ether oxygens (including phenoxy) is 2. The molecule has 0 saturated carbocycles. The second kappa shape index (κ2) is 9.91. The Labute approximate surface area is 165 Å². The fourth-order valence-corrected chi connectivity index (χ4v) is 2.82. The Kier molecular flexibility index (Phi) is 7.58. The van der Waals surface area contributed by atoms with Crippen LogP contribution in [0.5, 0.6) is 11.5 Å². The third-order valence-electron chi connectivity index (χ3n) is 3.16. The smallest absolute Gasteiger partial charge is 0.271 e. The molecule has 136 valence electrons. The van der Waals surface area contributed by atoms with Gasteiger partial charge in [-0.1, -0.05) is 12.7 Å². The first-order valence-electron chi connectivity index (χ1n) is 7.84. The van der Waals surface area contributed by atoms with Gasteiger partial charge in [-0.05, 0) is 71.5 Å². The van der Waals surface area contributed by atoms with Crippen LogP contribution in [0.2, 0.25) is 0 Å². The maximum Gasteiger partial charge on any atom is 0.271 e. The maximum absolute atomic E-state index is 12.9. The molecule has 26 heavy (non-hydrogen) atoms. The average Bonchev–Trinajstić information content (AvgIpc) is 2.62. The topological polar surface area (TPSA) is 59.9 Å². The summed E-state index contributed by atoms with van der Waals surface area (Å²) in [5, 5.41) is 3.94. The Morgan fingerprint density at radius 2 is 2.04 bits per heavy atom. The zero-order valence-corrected chi connectivity index (χ0v) is 16.3. The summed E-state index contributed by atoms with van der Waals surface area (Å²) in [6, 6.07) is 8.85. The van der Waals surface area contributed by atoms with Gasteiger partial charge < -0.3 is 9.47 Å². The molecule has 0 atom stereocenters. The number of benzene rings is 2. The van der Waals surface area contributed by atoms with E-state index in [2.05, 4.69) is 39.7 Å². The molecule has 0 aliphatic heterocycles. The average molecular weight is 468 g/mol. The Bertz CT molecular complexity index is 807. The van der Waals surface area contributed by atoms with E-state index in [1.54, 1.807) is 12.1 Å². The fraction of sp³-hybridized carbons (Fsp3) is 0.158. The van der Waals surface area contributed by atoms with E-state index in [4.69, 9.17) is 9.47 Å².